The summed E-state index contributed by atoms with van der Waals surface area (Å²) in [5.41, 5.74) is 7.60. The maximum absolute atomic E-state index is 6.24. The molecule has 0 radical (unpaired) electrons. The van der Waals surface area contributed by atoms with Gasteiger partial charge in [0.05, 0.1) is 11.1 Å². The number of benzene rings is 1. The number of nitrogens with two attached hydrogens (primary N) is 1. The quantitative estimate of drug-likeness (QED) is 0.648. The number of halogens is 2. The largest absolute Gasteiger partial charge is 0.490 e. The summed E-state index contributed by atoms with van der Waals surface area (Å²) in [5.74, 6) is 1.51. The third kappa shape index (κ3) is 5.88. The Labute approximate surface area is 166 Å². The van der Waals surface area contributed by atoms with Crippen molar-refractivity contribution < 1.29 is 9.47 Å². The van der Waals surface area contributed by atoms with E-state index in [1.54, 1.807) is 6.08 Å². The molecular weight excluding hydrogens is 404 g/mol. The summed E-state index contributed by atoms with van der Waals surface area (Å²) < 4.78 is 12.4. The predicted octanol–water partition coefficient (Wildman–Crippen LogP) is 4.39. The number of rotatable bonds is 7. The molecule has 1 aliphatic heterocycles. The minimum atomic E-state index is 0. The first-order valence-electron chi connectivity index (χ1n) is 8.54. The molecule has 1 atom stereocenters. The van der Waals surface area contributed by atoms with Crippen molar-refractivity contribution in [2.24, 2.45) is 11.1 Å². The van der Waals surface area contributed by atoms with Crippen molar-refractivity contribution in [3.63, 3.8) is 0 Å². The van der Waals surface area contributed by atoms with Gasteiger partial charge in [0.15, 0.2) is 11.5 Å². The van der Waals surface area contributed by atoms with Crippen LogP contribution in [-0.4, -0.2) is 37.2 Å². The van der Waals surface area contributed by atoms with Crippen molar-refractivity contribution in [2.45, 2.75) is 39.8 Å². The van der Waals surface area contributed by atoms with Crippen molar-refractivity contribution in [2.75, 3.05) is 26.3 Å². The fourth-order valence-corrected chi connectivity index (χ4v) is 3.74. The summed E-state index contributed by atoms with van der Waals surface area (Å²) in [7, 11) is 0. The molecule has 1 aromatic carbocycles. The molecule has 2 N–H and O–H groups in total. The zero-order chi connectivity index (χ0) is 17.7. The highest BCUT2D eigenvalue weighted by molar-refractivity contribution is 9.10. The van der Waals surface area contributed by atoms with Gasteiger partial charge >= 0.3 is 0 Å². The Morgan fingerprint density at radius 1 is 1.40 bits per heavy atom. The van der Waals surface area contributed by atoms with Crippen LogP contribution in [-0.2, 0) is 6.54 Å². The molecule has 0 spiro atoms. The van der Waals surface area contributed by atoms with Gasteiger partial charge in [0.1, 0.15) is 6.61 Å². The first kappa shape index (κ1) is 22.3. The second-order valence-corrected chi connectivity index (χ2v) is 7.89. The second-order valence-electron chi connectivity index (χ2n) is 7.03. The van der Waals surface area contributed by atoms with Crippen molar-refractivity contribution in [1.29, 1.82) is 0 Å². The lowest BCUT2D eigenvalue weighted by Crippen LogP contribution is -2.52. The van der Waals surface area contributed by atoms with Crippen LogP contribution in [0.5, 0.6) is 11.5 Å². The molecule has 6 heteroatoms. The zero-order valence-electron chi connectivity index (χ0n) is 15.4. The minimum absolute atomic E-state index is 0. The van der Waals surface area contributed by atoms with Gasteiger partial charge in [-0.3, -0.25) is 4.90 Å². The van der Waals surface area contributed by atoms with E-state index in [1.807, 2.05) is 6.92 Å². The highest BCUT2D eigenvalue weighted by Crippen LogP contribution is 2.38. The number of hydrogen-bond donors (Lipinski definition) is 1. The van der Waals surface area contributed by atoms with E-state index < -0.39 is 0 Å². The highest BCUT2D eigenvalue weighted by Gasteiger charge is 2.33. The lowest BCUT2D eigenvalue weighted by molar-refractivity contribution is 0.0898. The van der Waals surface area contributed by atoms with Crippen molar-refractivity contribution in [3.8, 4) is 11.5 Å². The molecule has 25 heavy (non-hydrogen) atoms. The fourth-order valence-electron chi connectivity index (χ4n) is 3.14. The van der Waals surface area contributed by atoms with Crippen LogP contribution in [0.3, 0.4) is 0 Å². The van der Waals surface area contributed by atoms with Crippen molar-refractivity contribution >= 4 is 28.3 Å². The minimum Gasteiger partial charge on any atom is -0.490 e. The Balaban J connectivity index is 0.00000312. The van der Waals surface area contributed by atoms with Crippen LogP contribution < -0.4 is 15.2 Å². The lowest BCUT2D eigenvalue weighted by Gasteiger charge is -2.42. The van der Waals surface area contributed by atoms with E-state index in [0.717, 1.165) is 42.0 Å². The van der Waals surface area contributed by atoms with Gasteiger partial charge in [0.2, 0.25) is 0 Å². The topological polar surface area (TPSA) is 47.7 Å². The van der Waals surface area contributed by atoms with Crippen LogP contribution in [0, 0.1) is 5.41 Å². The first-order chi connectivity index (χ1) is 11.4. The molecule has 0 amide bonds. The monoisotopic (exact) mass is 432 g/mol. The van der Waals surface area contributed by atoms with Crippen molar-refractivity contribution in [3.05, 3.63) is 34.8 Å². The van der Waals surface area contributed by atoms with Crippen LogP contribution in [0.25, 0.3) is 0 Å². The standard InChI is InChI=1S/C19H29BrN2O2.ClH/c1-5-9-24-18-15(20)10-14(11-16(18)23-6-2)12-22-8-7-17(21)19(3,4)13-22;/h5,10-11,17H,1,6-9,12-13,21H2,2-4H3;1H. The molecule has 1 fully saturated rings. The van der Waals surface area contributed by atoms with Crippen LogP contribution >= 0.6 is 28.3 Å². The predicted molar refractivity (Wildman–Crippen MR) is 110 cm³/mol. The maximum Gasteiger partial charge on any atom is 0.175 e. The molecule has 142 valence electrons. The van der Waals surface area contributed by atoms with Gasteiger partial charge in [-0.25, -0.2) is 0 Å². The number of ether oxygens (including phenoxy) is 2. The number of hydrogen-bond acceptors (Lipinski definition) is 4. The molecule has 0 saturated carbocycles. The van der Waals surface area contributed by atoms with E-state index >= 15 is 0 Å². The summed E-state index contributed by atoms with van der Waals surface area (Å²) in [6.07, 6.45) is 2.77. The van der Waals surface area contributed by atoms with Crippen LogP contribution in [0.15, 0.2) is 29.3 Å². The fraction of sp³-hybridized carbons (Fsp3) is 0.579. The Morgan fingerprint density at radius 2 is 2.12 bits per heavy atom. The zero-order valence-corrected chi connectivity index (χ0v) is 17.8. The van der Waals surface area contributed by atoms with Gasteiger partial charge in [-0.2, -0.15) is 0 Å². The molecule has 0 bridgehead atoms. The van der Waals surface area contributed by atoms with Crippen LogP contribution in [0.4, 0.5) is 0 Å². The molecule has 2 rings (SSSR count). The average Bonchev–Trinajstić information content (AvgIpc) is 2.50. The molecule has 0 aromatic heterocycles. The Hall–Kier alpha value is -0.750. The normalized spacial score (nSPS) is 19.8. The Morgan fingerprint density at radius 3 is 2.72 bits per heavy atom. The van der Waals surface area contributed by atoms with E-state index in [9.17, 15) is 0 Å². The van der Waals surface area contributed by atoms with Gasteiger partial charge in [-0.1, -0.05) is 26.5 Å². The average molecular weight is 434 g/mol. The van der Waals surface area contributed by atoms with E-state index in [1.165, 1.54) is 5.56 Å². The van der Waals surface area contributed by atoms with Crippen LogP contribution in [0.1, 0.15) is 32.8 Å². The first-order valence-corrected chi connectivity index (χ1v) is 9.33. The van der Waals surface area contributed by atoms with E-state index in [4.69, 9.17) is 15.2 Å². The Kier molecular flexibility index (Phi) is 8.75. The van der Waals surface area contributed by atoms with Gasteiger partial charge in [-0.15, -0.1) is 12.4 Å². The SMILES string of the molecule is C=CCOc1c(Br)cc(CN2CCC(N)C(C)(C)C2)cc1OCC.Cl. The van der Waals surface area contributed by atoms with E-state index in [0.29, 0.717) is 13.2 Å². The molecule has 1 heterocycles. The summed E-state index contributed by atoms with van der Waals surface area (Å²) in [6, 6.07) is 4.46. The third-order valence-electron chi connectivity index (χ3n) is 4.51. The number of nitrogens with zero attached hydrogens (tertiary/aromatic N) is 1. The third-order valence-corrected chi connectivity index (χ3v) is 5.10. The summed E-state index contributed by atoms with van der Waals surface area (Å²) in [4.78, 5) is 2.46. The van der Waals surface area contributed by atoms with E-state index in [2.05, 4.69) is 53.4 Å². The van der Waals surface area contributed by atoms with Gasteiger partial charge in [0, 0.05) is 25.7 Å². The highest BCUT2D eigenvalue weighted by atomic mass is 79.9. The molecule has 4 nitrogen and oxygen atoms in total. The van der Waals surface area contributed by atoms with Gasteiger partial charge in [0.25, 0.3) is 0 Å². The number of likely N-dealkylation sites (tertiary alicyclic amines) is 1. The summed E-state index contributed by atoms with van der Waals surface area (Å²) in [6.45, 7) is 14.1. The second kappa shape index (κ2) is 9.81. The molecular formula is C19H30BrClN2O2. The smallest absolute Gasteiger partial charge is 0.175 e. The number of piperidine rings is 1. The molecule has 1 saturated heterocycles. The molecule has 1 aliphatic rings. The maximum atomic E-state index is 6.24. The summed E-state index contributed by atoms with van der Waals surface area (Å²) >= 11 is 3.62. The Bertz CT molecular complexity index is 581. The van der Waals surface area contributed by atoms with Crippen LogP contribution in [0.2, 0.25) is 0 Å². The molecule has 1 unspecified atom stereocenters. The summed E-state index contributed by atoms with van der Waals surface area (Å²) in [5, 5.41) is 0. The van der Waals surface area contributed by atoms with E-state index in [-0.39, 0.29) is 23.9 Å². The lowest BCUT2D eigenvalue weighted by atomic mass is 9.79. The van der Waals surface area contributed by atoms with Gasteiger partial charge < -0.3 is 15.2 Å². The molecule has 1 aromatic rings. The van der Waals surface area contributed by atoms with Gasteiger partial charge in [-0.05, 0) is 52.4 Å². The van der Waals surface area contributed by atoms with Crippen molar-refractivity contribution in [1.82, 2.24) is 4.90 Å². The molecule has 0 aliphatic carbocycles.